The second-order valence-electron chi connectivity index (χ2n) is 6.13. The summed E-state index contributed by atoms with van der Waals surface area (Å²) in [5, 5.41) is 12.7. The van der Waals surface area contributed by atoms with E-state index in [-0.39, 0.29) is 17.3 Å². The first-order valence-corrected chi connectivity index (χ1v) is 8.70. The Morgan fingerprint density at radius 3 is 2.77 bits per heavy atom. The fourth-order valence-corrected chi connectivity index (χ4v) is 2.77. The third-order valence-corrected chi connectivity index (χ3v) is 4.43. The lowest BCUT2D eigenvalue weighted by molar-refractivity contribution is 0.0761. The van der Waals surface area contributed by atoms with Gasteiger partial charge >= 0.3 is 6.09 Å². The van der Waals surface area contributed by atoms with Gasteiger partial charge in [-0.2, -0.15) is 0 Å². The molecule has 1 aliphatic heterocycles. The zero-order chi connectivity index (χ0) is 18.9. The molecule has 0 saturated carbocycles. The van der Waals surface area contributed by atoms with Crippen LogP contribution in [-0.4, -0.2) is 78.0 Å². The predicted molar refractivity (Wildman–Crippen MR) is 98.2 cm³/mol. The van der Waals surface area contributed by atoms with E-state index in [1.165, 1.54) is 6.07 Å². The largest absolute Gasteiger partial charge is 0.503 e. The molecule has 0 unspecified atom stereocenters. The summed E-state index contributed by atoms with van der Waals surface area (Å²) in [6.07, 6.45) is 6.52. The minimum Gasteiger partial charge on any atom is -0.503 e. The van der Waals surface area contributed by atoms with Gasteiger partial charge in [0.1, 0.15) is 6.61 Å². The average molecular weight is 362 g/mol. The maximum absolute atomic E-state index is 12.0. The highest BCUT2D eigenvalue weighted by molar-refractivity contribution is 5.67. The molecule has 2 N–H and O–H groups in total. The number of nitrogens with zero attached hydrogens (tertiary/aromatic N) is 3. The van der Waals surface area contributed by atoms with Crippen LogP contribution >= 0.6 is 0 Å². The molecule has 0 aliphatic carbocycles. The van der Waals surface area contributed by atoms with Gasteiger partial charge in [0.15, 0.2) is 5.75 Å². The first kappa shape index (κ1) is 19.8. The van der Waals surface area contributed by atoms with E-state index < -0.39 is 0 Å². The lowest BCUT2D eigenvalue weighted by Gasteiger charge is -2.34. The van der Waals surface area contributed by atoms with Crippen LogP contribution in [0.25, 0.3) is 0 Å². The highest BCUT2D eigenvalue weighted by Crippen LogP contribution is 2.10. The molecule has 1 aromatic rings. The molecule has 8 nitrogen and oxygen atoms in total. The van der Waals surface area contributed by atoms with Crippen molar-refractivity contribution < 1.29 is 14.6 Å². The van der Waals surface area contributed by atoms with E-state index in [0.717, 1.165) is 19.6 Å². The Balaban J connectivity index is 1.70. The molecule has 0 atom stereocenters. The summed E-state index contributed by atoms with van der Waals surface area (Å²) in [5.41, 5.74) is 0.207. The molecule has 1 aromatic heterocycles. The van der Waals surface area contributed by atoms with Crippen LogP contribution in [0, 0.1) is 19.3 Å². The van der Waals surface area contributed by atoms with Crippen molar-refractivity contribution in [3.63, 3.8) is 0 Å². The number of carbonyl (C=O) groups excluding carboxylic acids is 1. The van der Waals surface area contributed by atoms with E-state index in [9.17, 15) is 14.7 Å². The monoisotopic (exact) mass is 362 g/mol. The van der Waals surface area contributed by atoms with Crippen LogP contribution in [0.2, 0.25) is 0 Å². The molecule has 1 saturated heterocycles. The molecular weight excluding hydrogens is 336 g/mol. The van der Waals surface area contributed by atoms with Crippen molar-refractivity contribution in [1.29, 1.82) is 0 Å². The second kappa shape index (κ2) is 9.85. The molecule has 26 heavy (non-hydrogen) atoms. The Hall–Kier alpha value is -2.50. The summed E-state index contributed by atoms with van der Waals surface area (Å²) in [4.78, 5) is 27.3. The van der Waals surface area contributed by atoms with Gasteiger partial charge in [-0.05, 0) is 6.92 Å². The molecule has 2 heterocycles. The molecule has 0 spiro atoms. The van der Waals surface area contributed by atoms with Gasteiger partial charge in [0.25, 0.3) is 0 Å². The van der Waals surface area contributed by atoms with Gasteiger partial charge in [0.05, 0.1) is 12.2 Å². The quantitative estimate of drug-likeness (QED) is 0.518. The highest BCUT2D eigenvalue weighted by Gasteiger charge is 2.21. The lowest BCUT2D eigenvalue weighted by Crippen LogP contribution is -2.49. The van der Waals surface area contributed by atoms with Crippen molar-refractivity contribution in [2.75, 3.05) is 52.4 Å². The molecule has 0 aromatic carbocycles. The highest BCUT2D eigenvalue weighted by atomic mass is 16.6. The predicted octanol–water partition coefficient (Wildman–Crippen LogP) is -0.161. The average Bonchev–Trinajstić information content (AvgIpc) is 2.65. The van der Waals surface area contributed by atoms with Crippen molar-refractivity contribution >= 4 is 6.09 Å². The zero-order valence-electron chi connectivity index (χ0n) is 15.1. The summed E-state index contributed by atoms with van der Waals surface area (Å²) in [5.74, 6) is 2.26. The summed E-state index contributed by atoms with van der Waals surface area (Å²) in [7, 11) is 0. The van der Waals surface area contributed by atoms with Crippen molar-refractivity contribution in [3.8, 4) is 18.1 Å². The maximum Gasteiger partial charge on any atom is 0.409 e. The number of pyridine rings is 1. The van der Waals surface area contributed by atoms with Crippen LogP contribution in [-0.2, 0) is 11.3 Å². The van der Waals surface area contributed by atoms with Gasteiger partial charge in [-0.25, -0.2) is 4.79 Å². The molecular formula is C18H26N4O4. The molecule has 0 radical (unpaired) electrons. The number of nitrogens with one attached hydrogen (secondary N) is 1. The number of hydrogen-bond acceptors (Lipinski definition) is 6. The van der Waals surface area contributed by atoms with Crippen LogP contribution < -0.4 is 10.7 Å². The van der Waals surface area contributed by atoms with Crippen molar-refractivity contribution in [3.05, 3.63) is 28.2 Å². The van der Waals surface area contributed by atoms with E-state index in [1.807, 2.05) is 4.57 Å². The summed E-state index contributed by atoms with van der Waals surface area (Å²) in [6.45, 7) is 7.23. The van der Waals surface area contributed by atoms with E-state index in [1.54, 1.807) is 18.0 Å². The Labute approximate surface area is 153 Å². The zero-order valence-corrected chi connectivity index (χ0v) is 15.1. The number of amides is 1. The molecule has 2 rings (SSSR count). The Kier molecular flexibility index (Phi) is 7.51. The number of carbonyl (C=O) groups is 1. The number of aromatic hydroxyl groups is 1. The topological polar surface area (TPSA) is 87.0 Å². The van der Waals surface area contributed by atoms with Crippen LogP contribution in [0.1, 0.15) is 5.69 Å². The fourth-order valence-electron chi connectivity index (χ4n) is 2.77. The third kappa shape index (κ3) is 5.51. The smallest absolute Gasteiger partial charge is 0.409 e. The molecule has 142 valence electrons. The van der Waals surface area contributed by atoms with Crippen molar-refractivity contribution in [2.45, 2.75) is 13.5 Å². The third-order valence-electron chi connectivity index (χ3n) is 4.43. The lowest BCUT2D eigenvalue weighted by atomic mass is 10.3. The molecule has 0 bridgehead atoms. The van der Waals surface area contributed by atoms with Gasteiger partial charge < -0.3 is 24.6 Å². The molecule has 1 aliphatic rings. The first-order chi connectivity index (χ1) is 12.5. The number of terminal acetylenes is 1. The normalized spacial score (nSPS) is 14.8. The molecule has 1 fully saturated rings. The summed E-state index contributed by atoms with van der Waals surface area (Å²) in [6, 6.07) is 1.37. The Morgan fingerprint density at radius 2 is 2.08 bits per heavy atom. The van der Waals surface area contributed by atoms with E-state index >= 15 is 0 Å². The van der Waals surface area contributed by atoms with Gasteiger partial charge in [-0.3, -0.25) is 9.69 Å². The van der Waals surface area contributed by atoms with Gasteiger partial charge in [0.2, 0.25) is 5.43 Å². The van der Waals surface area contributed by atoms with Gasteiger partial charge in [-0.1, -0.05) is 5.92 Å². The Morgan fingerprint density at radius 1 is 1.35 bits per heavy atom. The van der Waals surface area contributed by atoms with Crippen LogP contribution in [0.15, 0.2) is 17.1 Å². The number of ether oxygens (including phenoxy) is 1. The minimum absolute atomic E-state index is 0.197. The van der Waals surface area contributed by atoms with Crippen LogP contribution in [0.5, 0.6) is 5.75 Å². The van der Waals surface area contributed by atoms with E-state index in [4.69, 9.17) is 11.2 Å². The van der Waals surface area contributed by atoms with Crippen LogP contribution in [0.3, 0.4) is 0 Å². The van der Waals surface area contributed by atoms with Gasteiger partial charge in [-0.15, -0.1) is 6.42 Å². The second-order valence-corrected chi connectivity index (χ2v) is 6.13. The SMILES string of the molecule is C#CCNCCOC(=O)N1CCN(CCn2ccc(=O)c(O)c2C)CC1. The first-order valence-electron chi connectivity index (χ1n) is 8.70. The van der Waals surface area contributed by atoms with Crippen molar-refractivity contribution in [1.82, 2.24) is 19.7 Å². The number of aromatic nitrogens is 1. The standard InChI is InChI=1S/C18H26N4O4/c1-3-5-19-6-14-26-18(25)22-12-9-20(10-13-22)8-11-21-7-4-16(23)17(24)15(21)2/h1,4,7,19,24H,5-6,8-14H2,2H3. The van der Waals surface area contributed by atoms with E-state index in [2.05, 4.69) is 16.1 Å². The summed E-state index contributed by atoms with van der Waals surface area (Å²) >= 11 is 0. The summed E-state index contributed by atoms with van der Waals surface area (Å²) < 4.78 is 7.07. The maximum atomic E-state index is 12.0. The Bertz CT molecular complexity index is 702. The number of rotatable bonds is 7. The van der Waals surface area contributed by atoms with Crippen LogP contribution in [0.4, 0.5) is 4.79 Å². The fraction of sp³-hybridized carbons (Fsp3) is 0.556. The number of hydrogen-bond donors (Lipinski definition) is 2. The van der Waals surface area contributed by atoms with E-state index in [0.29, 0.717) is 45.0 Å². The van der Waals surface area contributed by atoms with Gasteiger partial charge in [0, 0.05) is 58.1 Å². The molecule has 8 heteroatoms. The molecule has 1 amide bonds. The number of piperazine rings is 1. The van der Waals surface area contributed by atoms with Crippen molar-refractivity contribution in [2.24, 2.45) is 0 Å². The minimum atomic E-state index is -0.361.